The van der Waals surface area contributed by atoms with Gasteiger partial charge in [-0.3, -0.25) is 9.69 Å². The van der Waals surface area contributed by atoms with E-state index in [4.69, 9.17) is 5.10 Å². The minimum absolute atomic E-state index is 0.0758. The minimum Gasteiger partial charge on any atom is -0.304 e. The molecule has 4 rings (SSSR count). The molecule has 1 fully saturated rings. The fraction of sp³-hybridized carbons (Fsp3) is 0.417. The Morgan fingerprint density at radius 2 is 1.83 bits per heavy atom. The zero-order chi connectivity index (χ0) is 21.3. The van der Waals surface area contributed by atoms with Gasteiger partial charge >= 0.3 is 0 Å². The molecular formula is C24H29FN4O. The standard InChI is InChI=1S/C24H29FN4O/c1-17-8-9-18(2)20(14-17)22-15-23(19-6-4-5-7-21(19)25)29(26-22)24(30)16-28-12-10-27(3)11-13-28/h4-9,14,23H,10-13,15-16H2,1-3H3. The van der Waals surface area contributed by atoms with Gasteiger partial charge in [0, 0.05) is 43.7 Å². The summed E-state index contributed by atoms with van der Waals surface area (Å²) in [6.45, 7) is 8.00. The van der Waals surface area contributed by atoms with Crippen molar-refractivity contribution in [2.75, 3.05) is 39.8 Å². The van der Waals surface area contributed by atoms with E-state index in [1.807, 2.05) is 19.9 Å². The van der Waals surface area contributed by atoms with Crippen LogP contribution in [0.1, 0.15) is 34.7 Å². The van der Waals surface area contributed by atoms with Gasteiger partial charge in [-0.2, -0.15) is 5.10 Å². The molecule has 1 atom stereocenters. The van der Waals surface area contributed by atoms with Crippen molar-refractivity contribution in [2.24, 2.45) is 5.10 Å². The molecule has 5 nitrogen and oxygen atoms in total. The normalized spacial score (nSPS) is 20.5. The molecule has 2 aliphatic rings. The molecule has 0 saturated carbocycles. The number of halogens is 1. The Morgan fingerprint density at radius 1 is 1.10 bits per heavy atom. The van der Waals surface area contributed by atoms with Crippen LogP contribution in [0.2, 0.25) is 0 Å². The summed E-state index contributed by atoms with van der Waals surface area (Å²) in [4.78, 5) is 17.7. The molecule has 0 aromatic heterocycles. The van der Waals surface area contributed by atoms with Crippen LogP contribution in [0.3, 0.4) is 0 Å². The molecule has 0 bridgehead atoms. The first-order valence-electron chi connectivity index (χ1n) is 10.5. The van der Waals surface area contributed by atoms with E-state index in [0.717, 1.165) is 48.6 Å². The second-order valence-corrected chi connectivity index (χ2v) is 8.42. The van der Waals surface area contributed by atoms with Crippen molar-refractivity contribution in [3.8, 4) is 0 Å². The molecule has 30 heavy (non-hydrogen) atoms. The number of carbonyl (C=O) groups is 1. The Hall–Kier alpha value is -2.57. The maximum atomic E-state index is 14.6. The maximum absolute atomic E-state index is 14.6. The van der Waals surface area contributed by atoms with Gasteiger partial charge in [-0.15, -0.1) is 0 Å². The highest BCUT2D eigenvalue weighted by atomic mass is 19.1. The summed E-state index contributed by atoms with van der Waals surface area (Å²) in [5, 5.41) is 6.26. The number of nitrogens with zero attached hydrogens (tertiary/aromatic N) is 4. The summed E-state index contributed by atoms with van der Waals surface area (Å²) >= 11 is 0. The third kappa shape index (κ3) is 4.30. The Bertz CT molecular complexity index is 965. The maximum Gasteiger partial charge on any atom is 0.257 e. The van der Waals surface area contributed by atoms with E-state index < -0.39 is 6.04 Å². The lowest BCUT2D eigenvalue weighted by atomic mass is 9.95. The van der Waals surface area contributed by atoms with Gasteiger partial charge < -0.3 is 4.90 Å². The Morgan fingerprint density at radius 3 is 2.57 bits per heavy atom. The number of benzene rings is 2. The van der Waals surface area contributed by atoms with E-state index in [-0.39, 0.29) is 11.7 Å². The first kappa shape index (κ1) is 20.7. The van der Waals surface area contributed by atoms with Gasteiger partial charge in [-0.1, -0.05) is 35.9 Å². The van der Waals surface area contributed by atoms with Crippen LogP contribution in [0.4, 0.5) is 4.39 Å². The van der Waals surface area contributed by atoms with Crippen molar-refractivity contribution in [1.29, 1.82) is 0 Å². The fourth-order valence-electron chi connectivity index (χ4n) is 4.21. The fourth-order valence-corrected chi connectivity index (χ4v) is 4.21. The number of hydrazone groups is 1. The van der Waals surface area contributed by atoms with Crippen LogP contribution in [-0.2, 0) is 4.79 Å². The summed E-state index contributed by atoms with van der Waals surface area (Å²) in [6, 6.07) is 12.5. The van der Waals surface area contributed by atoms with E-state index in [2.05, 4.69) is 35.0 Å². The zero-order valence-electron chi connectivity index (χ0n) is 17.9. The van der Waals surface area contributed by atoms with E-state index in [0.29, 0.717) is 18.5 Å². The molecule has 6 heteroatoms. The summed E-state index contributed by atoms with van der Waals surface area (Å²) in [5.41, 5.74) is 4.65. The lowest BCUT2D eigenvalue weighted by molar-refractivity contribution is -0.134. The van der Waals surface area contributed by atoms with Crippen molar-refractivity contribution in [3.63, 3.8) is 0 Å². The summed E-state index contributed by atoms with van der Waals surface area (Å²) < 4.78 is 14.6. The van der Waals surface area contributed by atoms with E-state index >= 15 is 0 Å². The number of hydrogen-bond acceptors (Lipinski definition) is 4. The summed E-state index contributed by atoms with van der Waals surface area (Å²) in [6.07, 6.45) is 0.514. The largest absolute Gasteiger partial charge is 0.304 e. The zero-order valence-corrected chi connectivity index (χ0v) is 17.9. The molecule has 0 N–H and O–H groups in total. The van der Waals surface area contributed by atoms with Crippen LogP contribution in [-0.4, -0.2) is 66.2 Å². The average molecular weight is 409 g/mol. The second kappa shape index (κ2) is 8.66. The first-order valence-corrected chi connectivity index (χ1v) is 10.5. The number of carbonyl (C=O) groups excluding carboxylic acids is 1. The Kier molecular flexibility index (Phi) is 5.97. The highest BCUT2D eigenvalue weighted by Gasteiger charge is 2.35. The summed E-state index contributed by atoms with van der Waals surface area (Å²) in [7, 11) is 2.09. The highest BCUT2D eigenvalue weighted by molar-refractivity contribution is 6.04. The van der Waals surface area contributed by atoms with Crippen LogP contribution < -0.4 is 0 Å². The lowest BCUT2D eigenvalue weighted by Crippen LogP contribution is -2.48. The Balaban J connectivity index is 1.63. The molecule has 0 aliphatic carbocycles. The predicted molar refractivity (Wildman–Crippen MR) is 117 cm³/mol. The van der Waals surface area contributed by atoms with E-state index in [1.165, 1.54) is 11.1 Å². The molecule has 1 amide bonds. The monoisotopic (exact) mass is 408 g/mol. The average Bonchev–Trinajstić information content (AvgIpc) is 3.17. The van der Waals surface area contributed by atoms with Crippen molar-refractivity contribution < 1.29 is 9.18 Å². The van der Waals surface area contributed by atoms with E-state index in [1.54, 1.807) is 12.1 Å². The van der Waals surface area contributed by atoms with Gasteiger partial charge in [0.1, 0.15) is 5.82 Å². The SMILES string of the molecule is Cc1ccc(C)c(C2=NN(C(=O)CN3CCN(C)CC3)C(c3ccccc3F)C2)c1. The van der Waals surface area contributed by atoms with Crippen LogP contribution in [0.5, 0.6) is 0 Å². The molecule has 1 unspecified atom stereocenters. The van der Waals surface area contributed by atoms with Gasteiger partial charge in [0.25, 0.3) is 5.91 Å². The van der Waals surface area contributed by atoms with Gasteiger partial charge in [-0.05, 0) is 38.6 Å². The van der Waals surface area contributed by atoms with Crippen molar-refractivity contribution >= 4 is 11.6 Å². The van der Waals surface area contributed by atoms with Gasteiger partial charge in [0.15, 0.2) is 0 Å². The van der Waals surface area contributed by atoms with E-state index in [9.17, 15) is 9.18 Å². The van der Waals surface area contributed by atoms with Crippen molar-refractivity contribution in [1.82, 2.24) is 14.8 Å². The molecule has 2 aliphatic heterocycles. The summed E-state index contributed by atoms with van der Waals surface area (Å²) in [5.74, 6) is -0.370. The molecule has 0 spiro atoms. The lowest BCUT2D eigenvalue weighted by Gasteiger charge is -2.33. The second-order valence-electron chi connectivity index (χ2n) is 8.42. The number of piperazine rings is 1. The molecule has 2 heterocycles. The smallest absolute Gasteiger partial charge is 0.257 e. The van der Waals surface area contributed by atoms with Crippen molar-refractivity contribution in [2.45, 2.75) is 26.3 Å². The van der Waals surface area contributed by atoms with Crippen LogP contribution in [0, 0.1) is 19.7 Å². The van der Waals surface area contributed by atoms with Crippen LogP contribution in [0.15, 0.2) is 47.6 Å². The van der Waals surface area contributed by atoms with Crippen molar-refractivity contribution in [3.05, 3.63) is 70.5 Å². The minimum atomic E-state index is -0.416. The molecular weight excluding hydrogens is 379 g/mol. The molecule has 0 radical (unpaired) electrons. The predicted octanol–water partition coefficient (Wildman–Crippen LogP) is 3.37. The van der Waals surface area contributed by atoms with Crippen LogP contribution >= 0.6 is 0 Å². The number of hydrogen-bond donors (Lipinski definition) is 0. The molecule has 1 saturated heterocycles. The van der Waals surface area contributed by atoms with Crippen LogP contribution in [0.25, 0.3) is 0 Å². The van der Waals surface area contributed by atoms with Gasteiger partial charge in [-0.25, -0.2) is 9.40 Å². The highest BCUT2D eigenvalue weighted by Crippen LogP contribution is 2.35. The van der Waals surface area contributed by atoms with Gasteiger partial charge in [0.2, 0.25) is 0 Å². The quantitative estimate of drug-likeness (QED) is 0.779. The molecule has 158 valence electrons. The number of rotatable bonds is 4. The number of likely N-dealkylation sites (N-methyl/N-ethyl adjacent to an activating group) is 1. The Labute approximate surface area is 177 Å². The molecule has 2 aromatic carbocycles. The number of amides is 1. The first-order chi connectivity index (χ1) is 14.4. The third-order valence-corrected chi connectivity index (χ3v) is 6.09. The van der Waals surface area contributed by atoms with Gasteiger partial charge in [0.05, 0.1) is 18.3 Å². The molecule has 2 aromatic rings. The number of aryl methyl sites for hydroxylation is 2. The topological polar surface area (TPSA) is 39.2 Å². The third-order valence-electron chi connectivity index (χ3n) is 6.09.